The summed E-state index contributed by atoms with van der Waals surface area (Å²) in [5.74, 6) is -0.536. The molecule has 0 N–H and O–H groups in total. The number of aromatic nitrogens is 2. The van der Waals surface area contributed by atoms with E-state index in [1.54, 1.807) is 23.0 Å². The maximum Gasteiger partial charge on any atom is 0.157 e. The molecule has 0 bridgehead atoms. The average Bonchev–Trinajstić information content (AvgIpc) is 2.85. The van der Waals surface area contributed by atoms with Gasteiger partial charge in [0.25, 0.3) is 0 Å². The molecule has 21 heavy (non-hydrogen) atoms. The number of hydrogen-bond acceptors (Lipinski definition) is 2. The van der Waals surface area contributed by atoms with Crippen LogP contribution in [0.25, 0.3) is 11.0 Å². The van der Waals surface area contributed by atoms with Gasteiger partial charge in [0.15, 0.2) is 5.78 Å². The van der Waals surface area contributed by atoms with E-state index in [4.69, 9.17) is 11.6 Å². The van der Waals surface area contributed by atoms with Gasteiger partial charge in [0.2, 0.25) is 0 Å². The van der Waals surface area contributed by atoms with Crippen molar-refractivity contribution in [3.05, 3.63) is 65.2 Å². The highest BCUT2D eigenvalue weighted by Crippen LogP contribution is 2.16. The van der Waals surface area contributed by atoms with Crippen LogP contribution in [0.15, 0.2) is 48.8 Å². The van der Waals surface area contributed by atoms with E-state index in [1.165, 1.54) is 6.07 Å². The normalized spacial score (nSPS) is 11.0. The molecule has 0 spiro atoms. The van der Waals surface area contributed by atoms with Gasteiger partial charge in [-0.2, -0.15) is 0 Å². The van der Waals surface area contributed by atoms with Crippen molar-refractivity contribution in [3.63, 3.8) is 0 Å². The summed E-state index contributed by atoms with van der Waals surface area (Å²) in [6.45, 7) is 0.169. The summed E-state index contributed by atoms with van der Waals surface area (Å²) in [5.41, 5.74) is 2.08. The zero-order valence-corrected chi connectivity index (χ0v) is 11.8. The second kappa shape index (κ2) is 5.66. The third-order valence-electron chi connectivity index (χ3n) is 3.28. The van der Waals surface area contributed by atoms with Crippen molar-refractivity contribution in [2.75, 3.05) is 0 Å². The van der Waals surface area contributed by atoms with E-state index in [1.807, 2.05) is 24.3 Å². The highest BCUT2D eigenvalue weighted by molar-refractivity contribution is 6.30. The van der Waals surface area contributed by atoms with Crippen LogP contribution < -0.4 is 0 Å². The monoisotopic (exact) mass is 302 g/mol. The molecule has 3 aromatic rings. The Morgan fingerprint density at radius 2 is 2.05 bits per heavy atom. The molecule has 0 unspecified atom stereocenters. The van der Waals surface area contributed by atoms with E-state index in [2.05, 4.69) is 4.98 Å². The fraction of sp³-hybridized carbons (Fsp3) is 0.125. The van der Waals surface area contributed by atoms with Crippen molar-refractivity contribution in [2.24, 2.45) is 0 Å². The summed E-state index contributed by atoms with van der Waals surface area (Å²) in [4.78, 5) is 16.3. The zero-order chi connectivity index (χ0) is 14.8. The van der Waals surface area contributed by atoms with Gasteiger partial charge in [0.05, 0.1) is 23.9 Å². The first-order valence-corrected chi connectivity index (χ1v) is 6.87. The minimum atomic E-state index is -0.452. The Labute approximate surface area is 126 Å². The Bertz CT molecular complexity index is 813. The fourth-order valence-electron chi connectivity index (χ4n) is 2.26. The standard InChI is InChI=1S/C16H12ClFN2O/c17-12-6-5-11(14(18)8-12)7-13(21)9-20-10-19-15-3-1-2-4-16(15)20/h1-6,8,10H,7,9H2. The molecule has 3 nitrogen and oxygen atoms in total. The third kappa shape index (κ3) is 2.95. The summed E-state index contributed by atoms with van der Waals surface area (Å²) in [6, 6.07) is 11.9. The van der Waals surface area contributed by atoms with Crippen molar-refractivity contribution in [1.82, 2.24) is 9.55 Å². The first-order valence-electron chi connectivity index (χ1n) is 6.49. The predicted molar refractivity (Wildman–Crippen MR) is 79.9 cm³/mol. The van der Waals surface area contributed by atoms with Gasteiger partial charge in [0.1, 0.15) is 5.82 Å². The molecule has 0 fully saturated rings. The molecule has 1 aromatic heterocycles. The number of carbonyl (C=O) groups is 1. The van der Waals surface area contributed by atoms with Gasteiger partial charge in [-0.3, -0.25) is 4.79 Å². The van der Waals surface area contributed by atoms with Crippen molar-refractivity contribution >= 4 is 28.4 Å². The van der Waals surface area contributed by atoms with Gasteiger partial charge in [0, 0.05) is 11.4 Å². The Hall–Kier alpha value is -2.20. The number of benzene rings is 2. The second-order valence-corrected chi connectivity index (χ2v) is 5.25. The van der Waals surface area contributed by atoms with E-state index in [0.717, 1.165) is 11.0 Å². The summed E-state index contributed by atoms with van der Waals surface area (Å²) in [6.07, 6.45) is 1.66. The molecule has 0 aliphatic carbocycles. The lowest BCUT2D eigenvalue weighted by molar-refractivity contribution is -0.119. The average molecular weight is 303 g/mol. The minimum Gasteiger partial charge on any atom is -0.323 e. The van der Waals surface area contributed by atoms with Crippen LogP contribution in [0.1, 0.15) is 5.56 Å². The third-order valence-corrected chi connectivity index (χ3v) is 3.51. The molecule has 3 rings (SSSR count). The summed E-state index contributed by atoms with van der Waals surface area (Å²) in [5, 5.41) is 0.323. The molecule has 0 radical (unpaired) electrons. The van der Waals surface area contributed by atoms with Crippen LogP contribution in [-0.2, 0) is 17.8 Å². The molecular weight excluding hydrogens is 291 g/mol. The molecule has 106 valence electrons. The summed E-state index contributed by atoms with van der Waals surface area (Å²) < 4.78 is 15.5. The van der Waals surface area contributed by atoms with Crippen molar-refractivity contribution < 1.29 is 9.18 Å². The van der Waals surface area contributed by atoms with Crippen LogP contribution >= 0.6 is 11.6 Å². The summed E-state index contributed by atoms with van der Waals surface area (Å²) >= 11 is 5.70. The quantitative estimate of drug-likeness (QED) is 0.737. The van der Waals surface area contributed by atoms with E-state index < -0.39 is 5.82 Å². The molecular formula is C16H12ClFN2O. The number of hydrogen-bond donors (Lipinski definition) is 0. The van der Waals surface area contributed by atoms with Crippen LogP contribution in [-0.4, -0.2) is 15.3 Å². The Morgan fingerprint density at radius 3 is 2.86 bits per heavy atom. The number of ketones is 1. The maximum absolute atomic E-state index is 13.7. The maximum atomic E-state index is 13.7. The minimum absolute atomic E-state index is 0.0372. The number of halogens is 2. The molecule has 0 aliphatic heterocycles. The molecule has 0 amide bonds. The van der Waals surface area contributed by atoms with E-state index >= 15 is 0 Å². The molecule has 0 saturated carbocycles. The molecule has 5 heteroatoms. The zero-order valence-electron chi connectivity index (χ0n) is 11.1. The lowest BCUT2D eigenvalue weighted by Crippen LogP contribution is -2.12. The van der Waals surface area contributed by atoms with E-state index in [-0.39, 0.29) is 18.7 Å². The van der Waals surface area contributed by atoms with Gasteiger partial charge in [-0.05, 0) is 29.8 Å². The molecule has 1 heterocycles. The highest BCUT2D eigenvalue weighted by atomic mass is 35.5. The molecule has 0 aliphatic rings. The van der Waals surface area contributed by atoms with E-state index in [9.17, 15) is 9.18 Å². The SMILES string of the molecule is O=C(Cc1ccc(Cl)cc1F)Cn1cnc2ccccc21. The van der Waals surface area contributed by atoms with Crippen LogP contribution in [0.4, 0.5) is 4.39 Å². The molecule has 0 atom stereocenters. The Morgan fingerprint density at radius 1 is 1.24 bits per heavy atom. The number of imidazole rings is 1. The van der Waals surface area contributed by atoms with Gasteiger partial charge in [-0.25, -0.2) is 9.37 Å². The molecule has 0 saturated heterocycles. The molecule has 2 aromatic carbocycles. The van der Waals surface area contributed by atoms with Crippen molar-refractivity contribution in [1.29, 1.82) is 0 Å². The lowest BCUT2D eigenvalue weighted by atomic mass is 10.1. The predicted octanol–water partition coefficient (Wildman–Crippen LogP) is 3.64. The first kappa shape index (κ1) is 13.8. The second-order valence-electron chi connectivity index (χ2n) is 4.81. The summed E-state index contributed by atoms with van der Waals surface area (Å²) in [7, 11) is 0. The van der Waals surface area contributed by atoms with E-state index in [0.29, 0.717) is 10.6 Å². The van der Waals surface area contributed by atoms with Gasteiger partial charge >= 0.3 is 0 Å². The number of Topliss-reactive ketones (excluding diaryl/α,β-unsaturated/α-hetero) is 1. The fourth-order valence-corrected chi connectivity index (χ4v) is 2.42. The van der Waals surface area contributed by atoms with Gasteiger partial charge in [-0.15, -0.1) is 0 Å². The number of fused-ring (bicyclic) bond motifs is 1. The van der Waals surface area contributed by atoms with Crippen molar-refractivity contribution in [3.8, 4) is 0 Å². The van der Waals surface area contributed by atoms with Crippen LogP contribution in [0.3, 0.4) is 0 Å². The number of nitrogens with zero attached hydrogens (tertiary/aromatic N) is 2. The van der Waals surface area contributed by atoms with Crippen molar-refractivity contribution in [2.45, 2.75) is 13.0 Å². The first-order chi connectivity index (χ1) is 10.1. The largest absolute Gasteiger partial charge is 0.323 e. The van der Waals surface area contributed by atoms with Gasteiger partial charge in [-0.1, -0.05) is 29.8 Å². The van der Waals surface area contributed by atoms with Crippen LogP contribution in [0.5, 0.6) is 0 Å². The topological polar surface area (TPSA) is 34.9 Å². The lowest BCUT2D eigenvalue weighted by Gasteiger charge is -2.05. The number of carbonyl (C=O) groups excluding carboxylic acids is 1. The van der Waals surface area contributed by atoms with Crippen LogP contribution in [0, 0.1) is 5.82 Å². The number of rotatable bonds is 4. The Balaban J connectivity index is 1.77. The number of para-hydroxylation sites is 2. The smallest absolute Gasteiger partial charge is 0.157 e. The van der Waals surface area contributed by atoms with Crippen LogP contribution in [0.2, 0.25) is 5.02 Å². The van der Waals surface area contributed by atoms with Gasteiger partial charge < -0.3 is 4.57 Å². The highest BCUT2D eigenvalue weighted by Gasteiger charge is 2.11. The Kier molecular flexibility index (Phi) is 3.71.